The van der Waals surface area contributed by atoms with Crippen molar-refractivity contribution in [2.75, 3.05) is 44.6 Å². The minimum Gasteiger partial charge on any atom is -0.324 e. The fourth-order valence-electron chi connectivity index (χ4n) is 3.86. The molecule has 4 nitrogen and oxygen atoms in total. The molecule has 0 atom stereocenters. The summed E-state index contributed by atoms with van der Waals surface area (Å²) in [5.41, 5.74) is 5.85. The third-order valence-electron chi connectivity index (χ3n) is 5.33. The van der Waals surface area contributed by atoms with E-state index in [0.717, 1.165) is 56.0 Å². The topological polar surface area (TPSA) is 35.6 Å². The highest BCUT2D eigenvalue weighted by Gasteiger charge is 2.19. The van der Waals surface area contributed by atoms with E-state index in [0.29, 0.717) is 6.54 Å². The zero-order chi connectivity index (χ0) is 19.2. The number of nitrogens with one attached hydrogen (secondary N) is 1. The molecule has 1 saturated heterocycles. The van der Waals surface area contributed by atoms with E-state index in [-0.39, 0.29) is 5.91 Å². The largest absolute Gasteiger partial charge is 0.324 e. The number of carbonyl (C=O) groups excluding carboxylic acids is 1. The van der Waals surface area contributed by atoms with Crippen molar-refractivity contribution in [3.05, 3.63) is 64.7 Å². The molecule has 1 amide bonds. The van der Waals surface area contributed by atoms with Gasteiger partial charge in [-0.25, -0.2) is 0 Å². The Bertz CT molecular complexity index is 741. The maximum atomic E-state index is 12.5. The monoisotopic (exact) mass is 365 g/mol. The molecule has 1 aliphatic heterocycles. The molecule has 0 radical (unpaired) electrons. The molecule has 0 bridgehead atoms. The van der Waals surface area contributed by atoms with Crippen molar-refractivity contribution in [2.24, 2.45) is 0 Å². The molecule has 0 aliphatic carbocycles. The van der Waals surface area contributed by atoms with Crippen LogP contribution in [0.15, 0.2) is 42.5 Å². The molecule has 2 aromatic carbocycles. The first-order chi connectivity index (χ1) is 13.0. The van der Waals surface area contributed by atoms with Crippen LogP contribution in [0.25, 0.3) is 0 Å². The second kappa shape index (κ2) is 9.16. The number of aryl methyl sites for hydroxylation is 3. The second-order valence-electron chi connectivity index (χ2n) is 7.68. The minimum absolute atomic E-state index is 0.0859. The molecule has 1 aliphatic rings. The lowest BCUT2D eigenvalue weighted by Crippen LogP contribution is -2.49. The van der Waals surface area contributed by atoms with E-state index >= 15 is 0 Å². The van der Waals surface area contributed by atoms with Crippen molar-refractivity contribution < 1.29 is 4.79 Å². The number of hydrogen-bond acceptors (Lipinski definition) is 3. The number of amides is 1. The number of piperazine rings is 1. The lowest BCUT2D eigenvalue weighted by atomic mass is 10.1. The minimum atomic E-state index is 0.0859. The normalized spacial score (nSPS) is 15.7. The Morgan fingerprint density at radius 2 is 1.52 bits per heavy atom. The SMILES string of the molecule is Cc1cc(C)c(NC(=O)CN2CCN(CCc3ccccc3)CC2)c(C)c1. The third kappa shape index (κ3) is 5.65. The summed E-state index contributed by atoms with van der Waals surface area (Å²) in [4.78, 5) is 17.2. The van der Waals surface area contributed by atoms with Gasteiger partial charge in [0.25, 0.3) is 0 Å². The number of anilines is 1. The first-order valence-corrected chi connectivity index (χ1v) is 9.87. The highest BCUT2D eigenvalue weighted by Crippen LogP contribution is 2.21. The Morgan fingerprint density at radius 3 is 2.15 bits per heavy atom. The van der Waals surface area contributed by atoms with Crippen LogP contribution in [0.3, 0.4) is 0 Å². The van der Waals surface area contributed by atoms with E-state index < -0.39 is 0 Å². The van der Waals surface area contributed by atoms with Gasteiger partial charge in [0.2, 0.25) is 5.91 Å². The number of nitrogens with zero attached hydrogens (tertiary/aromatic N) is 2. The van der Waals surface area contributed by atoms with Crippen molar-refractivity contribution >= 4 is 11.6 Å². The molecule has 0 saturated carbocycles. The Labute approximate surface area is 163 Å². The molecular formula is C23H31N3O. The second-order valence-corrected chi connectivity index (χ2v) is 7.68. The first-order valence-electron chi connectivity index (χ1n) is 9.87. The summed E-state index contributed by atoms with van der Waals surface area (Å²) >= 11 is 0. The van der Waals surface area contributed by atoms with E-state index in [4.69, 9.17) is 0 Å². The van der Waals surface area contributed by atoms with E-state index in [2.05, 4.69) is 78.4 Å². The summed E-state index contributed by atoms with van der Waals surface area (Å²) in [6.07, 6.45) is 1.09. The number of rotatable bonds is 6. The molecule has 0 aromatic heterocycles. The predicted molar refractivity (Wildman–Crippen MR) is 112 cm³/mol. The summed E-state index contributed by atoms with van der Waals surface area (Å²) < 4.78 is 0. The van der Waals surface area contributed by atoms with Crippen molar-refractivity contribution in [3.63, 3.8) is 0 Å². The van der Waals surface area contributed by atoms with E-state index in [1.165, 1.54) is 11.1 Å². The van der Waals surface area contributed by atoms with Crippen molar-refractivity contribution in [3.8, 4) is 0 Å². The average molecular weight is 366 g/mol. The highest BCUT2D eigenvalue weighted by molar-refractivity contribution is 5.93. The quantitative estimate of drug-likeness (QED) is 0.852. The van der Waals surface area contributed by atoms with Gasteiger partial charge >= 0.3 is 0 Å². The third-order valence-corrected chi connectivity index (χ3v) is 5.33. The maximum Gasteiger partial charge on any atom is 0.238 e. The molecule has 3 rings (SSSR count). The van der Waals surface area contributed by atoms with Crippen LogP contribution >= 0.6 is 0 Å². The van der Waals surface area contributed by atoms with Crippen LogP contribution in [0, 0.1) is 20.8 Å². The smallest absolute Gasteiger partial charge is 0.238 e. The lowest BCUT2D eigenvalue weighted by molar-refractivity contribution is -0.117. The first kappa shape index (κ1) is 19.6. The van der Waals surface area contributed by atoms with Crippen LogP contribution in [0.5, 0.6) is 0 Å². The zero-order valence-electron chi connectivity index (χ0n) is 16.8. The number of benzene rings is 2. The standard InChI is InChI=1S/C23H31N3O/c1-18-15-19(2)23(20(3)16-18)24-22(27)17-26-13-11-25(12-14-26)10-9-21-7-5-4-6-8-21/h4-8,15-16H,9-14,17H2,1-3H3,(H,24,27). The van der Waals surface area contributed by atoms with Gasteiger partial charge in [0, 0.05) is 38.4 Å². The van der Waals surface area contributed by atoms with Gasteiger partial charge in [0.15, 0.2) is 0 Å². The Balaban J connectivity index is 1.43. The highest BCUT2D eigenvalue weighted by atomic mass is 16.2. The average Bonchev–Trinajstić information content (AvgIpc) is 2.65. The summed E-state index contributed by atoms with van der Waals surface area (Å²) in [6.45, 7) is 11.7. The van der Waals surface area contributed by atoms with Crippen LogP contribution in [0.4, 0.5) is 5.69 Å². The lowest BCUT2D eigenvalue weighted by Gasteiger charge is -2.34. The zero-order valence-corrected chi connectivity index (χ0v) is 16.8. The van der Waals surface area contributed by atoms with Gasteiger partial charge in [0.1, 0.15) is 0 Å². The summed E-state index contributed by atoms with van der Waals surface area (Å²) in [6, 6.07) is 14.9. The number of hydrogen-bond donors (Lipinski definition) is 1. The molecule has 1 fully saturated rings. The Morgan fingerprint density at radius 1 is 0.926 bits per heavy atom. The van der Waals surface area contributed by atoms with Crippen LogP contribution < -0.4 is 5.32 Å². The van der Waals surface area contributed by atoms with Crippen LogP contribution in [-0.2, 0) is 11.2 Å². The number of carbonyl (C=O) groups is 1. The molecule has 0 spiro atoms. The van der Waals surface area contributed by atoms with Crippen molar-refractivity contribution in [1.82, 2.24) is 9.80 Å². The van der Waals surface area contributed by atoms with E-state index in [1.54, 1.807) is 0 Å². The van der Waals surface area contributed by atoms with Gasteiger partial charge in [-0.1, -0.05) is 48.0 Å². The van der Waals surface area contributed by atoms with Crippen LogP contribution in [-0.4, -0.2) is 55.0 Å². The summed E-state index contributed by atoms with van der Waals surface area (Å²) in [5.74, 6) is 0.0859. The van der Waals surface area contributed by atoms with Crippen molar-refractivity contribution in [2.45, 2.75) is 27.2 Å². The predicted octanol–water partition coefficient (Wildman–Crippen LogP) is 3.41. The van der Waals surface area contributed by atoms with Gasteiger partial charge < -0.3 is 10.2 Å². The van der Waals surface area contributed by atoms with Gasteiger partial charge in [-0.3, -0.25) is 9.69 Å². The fourth-order valence-corrected chi connectivity index (χ4v) is 3.86. The summed E-state index contributed by atoms with van der Waals surface area (Å²) in [7, 11) is 0. The summed E-state index contributed by atoms with van der Waals surface area (Å²) in [5, 5.41) is 3.12. The van der Waals surface area contributed by atoms with Crippen molar-refractivity contribution in [1.29, 1.82) is 0 Å². The molecule has 144 valence electrons. The Hall–Kier alpha value is -2.17. The van der Waals surface area contributed by atoms with Crippen LogP contribution in [0.1, 0.15) is 22.3 Å². The molecule has 1 N–H and O–H groups in total. The van der Waals surface area contributed by atoms with Gasteiger partial charge in [-0.2, -0.15) is 0 Å². The van der Waals surface area contributed by atoms with Gasteiger partial charge in [-0.05, 0) is 43.9 Å². The van der Waals surface area contributed by atoms with E-state index in [9.17, 15) is 4.79 Å². The fraction of sp³-hybridized carbons (Fsp3) is 0.435. The molecule has 4 heteroatoms. The van der Waals surface area contributed by atoms with Crippen LogP contribution in [0.2, 0.25) is 0 Å². The molecule has 1 heterocycles. The molecule has 27 heavy (non-hydrogen) atoms. The van der Waals surface area contributed by atoms with E-state index in [1.807, 2.05) is 0 Å². The van der Waals surface area contributed by atoms with Gasteiger partial charge in [-0.15, -0.1) is 0 Å². The molecule has 0 unspecified atom stereocenters. The van der Waals surface area contributed by atoms with Gasteiger partial charge in [0.05, 0.1) is 6.54 Å². The Kier molecular flexibility index (Phi) is 6.64. The molecular weight excluding hydrogens is 334 g/mol. The molecule has 2 aromatic rings. The maximum absolute atomic E-state index is 12.5.